The molecule has 4 atom stereocenters. The Morgan fingerprint density at radius 3 is 2.71 bits per heavy atom. The van der Waals surface area contributed by atoms with E-state index in [1.165, 1.54) is 11.9 Å². The first-order chi connectivity index (χ1) is 18.2. The number of amides is 4. The van der Waals surface area contributed by atoms with E-state index >= 15 is 0 Å². The molecule has 206 valence electrons. The molecule has 2 aliphatic heterocycles. The number of rotatable bonds is 5. The first kappa shape index (κ1) is 26.8. The van der Waals surface area contributed by atoms with Gasteiger partial charge in [-0.05, 0) is 76.3 Å². The zero-order valence-corrected chi connectivity index (χ0v) is 23.0. The second-order valence-corrected chi connectivity index (χ2v) is 12.8. The van der Waals surface area contributed by atoms with Crippen molar-refractivity contribution in [3.05, 3.63) is 30.1 Å². The van der Waals surface area contributed by atoms with Crippen molar-refractivity contribution in [2.75, 3.05) is 6.54 Å². The van der Waals surface area contributed by atoms with Gasteiger partial charge in [-0.3, -0.25) is 28.6 Å². The third kappa shape index (κ3) is 5.77. The Morgan fingerprint density at radius 2 is 1.97 bits per heavy atom. The highest BCUT2D eigenvalue weighted by Gasteiger charge is 2.61. The summed E-state index contributed by atoms with van der Waals surface area (Å²) < 4.78 is 4.64. The van der Waals surface area contributed by atoms with Crippen LogP contribution in [-0.2, 0) is 21.4 Å². The summed E-state index contributed by atoms with van der Waals surface area (Å²) >= 11 is 1.45. The van der Waals surface area contributed by atoms with Crippen LogP contribution in [0.3, 0.4) is 0 Å². The van der Waals surface area contributed by atoms with Crippen LogP contribution in [0.5, 0.6) is 0 Å². The lowest BCUT2D eigenvalue weighted by Crippen LogP contribution is -2.57. The smallest absolute Gasteiger partial charge is 0.272 e. The number of carbonyl (C=O) groups excluding carboxylic acids is 4. The Labute approximate surface area is 227 Å². The maximum Gasteiger partial charge on any atom is 0.272 e. The van der Waals surface area contributed by atoms with Gasteiger partial charge >= 0.3 is 0 Å². The fourth-order valence-electron chi connectivity index (χ4n) is 5.40. The molecular formula is C27H38N6O4S. The Morgan fingerprint density at radius 1 is 1.16 bits per heavy atom. The van der Waals surface area contributed by atoms with E-state index in [1.54, 1.807) is 28.9 Å². The number of aromatic nitrogens is 2. The van der Waals surface area contributed by atoms with Crippen molar-refractivity contribution in [1.82, 2.24) is 30.0 Å². The van der Waals surface area contributed by atoms with Gasteiger partial charge in [0.1, 0.15) is 23.3 Å². The molecule has 38 heavy (non-hydrogen) atoms. The summed E-state index contributed by atoms with van der Waals surface area (Å²) in [6.07, 6.45) is 13.8. The van der Waals surface area contributed by atoms with Crippen LogP contribution in [-0.4, -0.2) is 67.2 Å². The highest BCUT2D eigenvalue weighted by atomic mass is 32.2. The highest BCUT2D eigenvalue weighted by Crippen LogP contribution is 2.49. The molecular weight excluding hydrogens is 504 g/mol. The van der Waals surface area contributed by atoms with Crippen LogP contribution < -0.4 is 15.4 Å². The lowest BCUT2D eigenvalue weighted by molar-refractivity contribution is -0.141. The summed E-state index contributed by atoms with van der Waals surface area (Å²) in [5.74, 6) is -1.17. The van der Waals surface area contributed by atoms with Crippen molar-refractivity contribution in [3.8, 4) is 0 Å². The monoisotopic (exact) mass is 542 g/mol. The number of nitrogens with zero attached hydrogens (tertiary/aromatic N) is 3. The molecule has 2 aliphatic carbocycles. The summed E-state index contributed by atoms with van der Waals surface area (Å²) in [5, 5.41) is 10.1. The maximum absolute atomic E-state index is 13.7. The van der Waals surface area contributed by atoms with Crippen LogP contribution in [0.2, 0.25) is 0 Å². The van der Waals surface area contributed by atoms with Crippen LogP contribution in [0.25, 0.3) is 0 Å². The van der Waals surface area contributed by atoms with Gasteiger partial charge in [0.2, 0.25) is 11.8 Å². The van der Waals surface area contributed by atoms with Crippen molar-refractivity contribution in [3.63, 3.8) is 0 Å². The van der Waals surface area contributed by atoms with Gasteiger partial charge in [0, 0.05) is 30.5 Å². The minimum absolute atomic E-state index is 0.0554. The van der Waals surface area contributed by atoms with E-state index < -0.39 is 23.5 Å². The predicted octanol–water partition coefficient (Wildman–Crippen LogP) is 2.22. The van der Waals surface area contributed by atoms with Gasteiger partial charge in [-0.2, -0.15) is 5.10 Å². The molecule has 0 bridgehead atoms. The van der Waals surface area contributed by atoms with Crippen molar-refractivity contribution in [2.45, 2.75) is 93.5 Å². The maximum atomic E-state index is 13.7. The summed E-state index contributed by atoms with van der Waals surface area (Å²) in [7, 11) is 1.73. The first-order valence-electron chi connectivity index (χ1n) is 13.8. The minimum atomic E-state index is -0.976. The molecule has 2 saturated carbocycles. The molecule has 1 aromatic heterocycles. The third-order valence-electron chi connectivity index (χ3n) is 8.23. The van der Waals surface area contributed by atoms with Crippen LogP contribution in [0.1, 0.15) is 81.6 Å². The lowest BCUT2D eigenvalue weighted by Gasteiger charge is -2.30. The molecule has 4 amide bonds. The van der Waals surface area contributed by atoms with Gasteiger partial charge in [-0.1, -0.05) is 25.0 Å². The molecule has 0 spiro atoms. The van der Waals surface area contributed by atoms with E-state index in [4.69, 9.17) is 0 Å². The first-order valence-corrected chi connectivity index (χ1v) is 14.6. The van der Waals surface area contributed by atoms with Crippen molar-refractivity contribution >= 4 is 35.6 Å². The zero-order chi connectivity index (χ0) is 26.9. The van der Waals surface area contributed by atoms with E-state index in [2.05, 4.69) is 39.5 Å². The number of fused-ring (bicyclic) bond motifs is 2. The number of allylic oxidation sites excluding steroid dienone is 1. The molecule has 11 heteroatoms. The summed E-state index contributed by atoms with van der Waals surface area (Å²) in [6, 6.07) is 0.217. The fourth-order valence-corrected chi connectivity index (χ4v) is 6.23. The van der Waals surface area contributed by atoms with Crippen molar-refractivity contribution < 1.29 is 19.2 Å². The second kappa shape index (κ2) is 10.7. The number of hydrogen-bond acceptors (Lipinski definition) is 6. The van der Waals surface area contributed by atoms with Crippen LogP contribution in [0, 0.1) is 5.92 Å². The molecule has 10 nitrogen and oxygen atoms in total. The standard InChI is InChI=1S/C27H38N6O4S/c1-26(13-14-26)38-31-25(37)27-17-18(27)9-6-4-3-5-7-10-20(28-22(34)19-12-16-32(2)30-19)24(36)33-15-8-11-21(33)23(35)29-27/h6,9,12,16,18,20-21H,3-5,7-8,10-11,13-15,17H2,1-2H3,(H,28,34)(H,29,35)(H,31,37)/b9-6-/t18-,20+,21+,27-/m1/s1. The molecule has 1 saturated heterocycles. The minimum Gasteiger partial charge on any atom is -0.339 e. The fraction of sp³-hybridized carbons (Fsp3) is 0.667. The Balaban J connectivity index is 1.33. The van der Waals surface area contributed by atoms with Gasteiger partial charge in [0.05, 0.1) is 0 Å². The second-order valence-electron chi connectivity index (χ2n) is 11.4. The summed E-state index contributed by atoms with van der Waals surface area (Å²) in [6.45, 7) is 2.57. The Hall–Kier alpha value is -2.82. The summed E-state index contributed by atoms with van der Waals surface area (Å²) in [5.41, 5.74) is -0.724. The van der Waals surface area contributed by atoms with Crippen molar-refractivity contribution in [1.29, 1.82) is 0 Å². The van der Waals surface area contributed by atoms with Crippen molar-refractivity contribution in [2.24, 2.45) is 13.0 Å². The van der Waals surface area contributed by atoms with E-state index in [0.717, 1.165) is 38.5 Å². The quantitative estimate of drug-likeness (QED) is 0.387. The van der Waals surface area contributed by atoms with E-state index in [1.807, 2.05) is 0 Å². The lowest BCUT2D eigenvalue weighted by atomic mass is 10.0. The number of hydrogen-bond donors (Lipinski definition) is 3. The van der Waals surface area contributed by atoms with Crippen LogP contribution >= 0.6 is 11.9 Å². The van der Waals surface area contributed by atoms with Crippen LogP contribution in [0.4, 0.5) is 0 Å². The molecule has 3 heterocycles. The molecule has 5 rings (SSSR count). The molecule has 4 aliphatic rings. The van der Waals surface area contributed by atoms with E-state index in [9.17, 15) is 19.2 Å². The van der Waals surface area contributed by atoms with E-state index in [0.29, 0.717) is 32.2 Å². The number of carbonyl (C=O) groups is 4. The topological polar surface area (TPSA) is 125 Å². The highest BCUT2D eigenvalue weighted by molar-refractivity contribution is 7.99. The zero-order valence-electron chi connectivity index (χ0n) is 22.2. The average Bonchev–Trinajstić information content (AvgIpc) is 3.63. The predicted molar refractivity (Wildman–Crippen MR) is 144 cm³/mol. The SMILES string of the molecule is Cn1ccc(C(=O)N[C@H]2CCCCC/C=C\[C@@H]3C[C@@]3(C(=O)NSC3(C)CC3)NC(=O)[C@@H]3CCCN3C2=O)n1. The molecule has 0 unspecified atom stereocenters. The Kier molecular flexibility index (Phi) is 7.57. The average molecular weight is 543 g/mol. The van der Waals surface area contributed by atoms with Gasteiger partial charge in [-0.25, -0.2) is 0 Å². The molecule has 0 aromatic carbocycles. The normalized spacial score (nSPS) is 31.6. The van der Waals surface area contributed by atoms with Crippen LogP contribution in [0.15, 0.2) is 24.4 Å². The molecule has 1 aromatic rings. The van der Waals surface area contributed by atoms with Gasteiger partial charge < -0.3 is 15.5 Å². The van der Waals surface area contributed by atoms with Gasteiger partial charge in [0.15, 0.2) is 0 Å². The third-order valence-corrected chi connectivity index (χ3v) is 9.42. The summed E-state index contributed by atoms with van der Waals surface area (Å²) in [4.78, 5) is 55.1. The number of aryl methyl sites for hydroxylation is 1. The van der Waals surface area contributed by atoms with E-state index in [-0.39, 0.29) is 34.1 Å². The largest absolute Gasteiger partial charge is 0.339 e. The Bertz CT molecular complexity index is 1130. The molecule has 0 radical (unpaired) electrons. The van der Waals surface area contributed by atoms with Gasteiger partial charge in [-0.15, -0.1) is 0 Å². The molecule has 3 N–H and O–H groups in total. The molecule has 3 fully saturated rings. The number of nitrogens with one attached hydrogen (secondary N) is 3. The van der Waals surface area contributed by atoms with Gasteiger partial charge in [0.25, 0.3) is 11.8 Å².